The van der Waals surface area contributed by atoms with E-state index in [9.17, 15) is 10.2 Å². The van der Waals surface area contributed by atoms with Crippen molar-refractivity contribution in [3.05, 3.63) is 48.0 Å². The van der Waals surface area contributed by atoms with E-state index in [1.165, 1.54) is 23.7 Å². The highest BCUT2D eigenvalue weighted by atomic mass is 16.5. The number of hydrogen-bond donors (Lipinski definition) is 2. The molecule has 2 aromatic heterocycles. The number of aromatic nitrogens is 3. The first kappa shape index (κ1) is 16.2. The van der Waals surface area contributed by atoms with Crippen molar-refractivity contribution in [2.45, 2.75) is 32.2 Å². The average Bonchev–Trinajstić information content (AvgIpc) is 3.35. The second-order valence-electron chi connectivity index (χ2n) is 7.84. The number of rotatable bonds is 4. The molecule has 6 rings (SSSR count). The predicted octanol–water partition coefficient (Wildman–Crippen LogP) is 3.44. The van der Waals surface area contributed by atoms with Crippen LogP contribution in [0.15, 0.2) is 42.5 Å². The third-order valence-corrected chi connectivity index (χ3v) is 5.88. The van der Waals surface area contributed by atoms with Crippen LogP contribution in [0.1, 0.15) is 24.7 Å². The molecular weight excluding hydrogens is 354 g/mol. The molecule has 28 heavy (non-hydrogen) atoms. The number of aliphatic hydroxyl groups is 2. The minimum Gasteiger partial charge on any atom is -0.489 e. The van der Waals surface area contributed by atoms with Crippen LogP contribution in [0.3, 0.4) is 0 Å². The van der Waals surface area contributed by atoms with Gasteiger partial charge in [-0.2, -0.15) is 0 Å². The van der Waals surface area contributed by atoms with Crippen molar-refractivity contribution in [1.29, 1.82) is 0 Å². The molecule has 0 bridgehead atoms. The molecule has 0 unspecified atom stereocenters. The predicted molar refractivity (Wildman–Crippen MR) is 106 cm³/mol. The smallest absolute Gasteiger partial charge is 0.178 e. The van der Waals surface area contributed by atoms with Crippen LogP contribution in [0.5, 0.6) is 5.75 Å². The van der Waals surface area contributed by atoms with E-state index in [2.05, 4.69) is 39.5 Å². The Morgan fingerprint density at radius 3 is 2.82 bits per heavy atom. The molecular formula is C22H21N3O3. The molecule has 0 atom stereocenters. The number of fused-ring (bicyclic) bond motifs is 1. The summed E-state index contributed by atoms with van der Waals surface area (Å²) >= 11 is 0. The summed E-state index contributed by atoms with van der Waals surface area (Å²) in [5.41, 5.74) is 4.41. The fraction of sp³-hybridized carbons (Fsp3) is 0.318. The minimum atomic E-state index is -1.54. The number of ether oxygens (including phenoxy) is 1. The molecule has 0 spiro atoms. The minimum absolute atomic E-state index is 0.402. The van der Waals surface area contributed by atoms with Gasteiger partial charge in [-0.25, -0.2) is 4.98 Å². The maximum absolute atomic E-state index is 9.62. The van der Waals surface area contributed by atoms with Gasteiger partial charge in [0, 0.05) is 23.0 Å². The molecule has 2 aromatic carbocycles. The molecule has 6 nitrogen and oxygen atoms in total. The fourth-order valence-corrected chi connectivity index (χ4v) is 4.32. The SMILES string of the molecule is OC(O)c1cc2c3c(c1)nc(-c1cc4ccccc4n1CC1CC1)n3CCO2. The van der Waals surface area contributed by atoms with Crippen LogP contribution >= 0.6 is 0 Å². The molecule has 6 heteroatoms. The summed E-state index contributed by atoms with van der Waals surface area (Å²) in [5.74, 6) is 2.33. The lowest BCUT2D eigenvalue weighted by Crippen LogP contribution is -2.16. The Balaban J connectivity index is 1.62. The molecule has 2 aliphatic rings. The van der Waals surface area contributed by atoms with Crippen LogP contribution in [-0.4, -0.2) is 30.9 Å². The zero-order valence-corrected chi connectivity index (χ0v) is 15.4. The molecule has 0 saturated heterocycles. The third kappa shape index (κ3) is 2.38. The lowest BCUT2D eigenvalue weighted by molar-refractivity contribution is -0.0425. The van der Waals surface area contributed by atoms with E-state index in [0.717, 1.165) is 41.6 Å². The molecule has 142 valence electrons. The largest absolute Gasteiger partial charge is 0.489 e. The number of hydrogen-bond acceptors (Lipinski definition) is 4. The van der Waals surface area contributed by atoms with Gasteiger partial charge in [0.15, 0.2) is 12.1 Å². The molecule has 1 aliphatic carbocycles. The van der Waals surface area contributed by atoms with Gasteiger partial charge in [-0.3, -0.25) is 0 Å². The van der Waals surface area contributed by atoms with E-state index in [1.54, 1.807) is 12.1 Å². The lowest BCUT2D eigenvalue weighted by Gasteiger charge is -2.19. The van der Waals surface area contributed by atoms with Crippen LogP contribution < -0.4 is 4.74 Å². The zero-order chi connectivity index (χ0) is 18.8. The average molecular weight is 375 g/mol. The standard InChI is InChI=1S/C22H21N3O3/c26-22(27)15-9-16-20-19(11-15)28-8-7-24(20)21(23-16)18-10-14-3-1-2-4-17(14)25(18)12-13-5-6-13/h1-4,9-11,13,22,26-27H,5-8,12H2. The summed E-state index contributed by atoms with van der Waals surface area (Å²) < 4.78 is 10.4. The van der Waals surface area contributed by atoms with Crippen molar-refractivity contribution in [3.8, 4) is 17.3 Å². The molecule has 0 radical (unpaired) electrons. The molecule has 1 aliphatic heterocycles. The van der Waals surface area contributed by atoms with Crippen molar-refractivity contribution in [1.82, 2.24) is 14.1 Å². The second-order valence-corrected chi connectivity index (χ2v) is 7.84. The first-order valence-corrected chi connectivity index (χ1v) is 9.81. The Bertz CT molecular complexity index is 1220. The molecule has 2 N–H and O–H groups in total. The Morgan fingerprint density at radius 1 is 1.14 bits per heavy atom. The van der Waals surface area contributed by atoms with Gasteiger partial charge in [0.05, 0.1) is 17.8 Å². The van der Waals surface area contributed by atoms with Crippen molar-refractivity contribution >= 4 is 21.9 Å². The quantitative estimate of drug-likeness (QED) is 0.536. The topological polar surface area (TPSA) is 72.4 Å². The van der Waals surface area contributed by atoms with E-state index in [0.29, 0.717) is 17.9 Å². The molecule has 1 saturated carbocycles. The summed E-state index contributed by atoms with van der Waals surface area (Å²) in [7, 11) is 0. The molecule has 4 aromatic rings. The van der Waals surface area contributed by atoms with Gasteiger partial charge in [-0.15, -0.1) is 0 Å². The van der Waals surface area contributed by atoms with Gasteiger partial charge in [-0.1, -0.05) is 18.2 Å². The van der Waals surface area contributed by atoms with E-state index in [1.807, 2.05) is 0 Å². The number of aliphatic hydroxyl groups excluding tert-OH is 1. The highest BCUT2D eigenvalue weighted by molar-refractivity contribution is 5.90. The number of nitrogens with zero attached hydrogens (tertiary/aromatic N) is 3. The first-order valence-electron chi connectivity index (χ1n) is 9.81. The highest BCUT2D eigenvalue weighted by Gasteiger charge is 2.27. The van der Waals surface area contributed by atoms with Crippen molar-refractivity contribution < 1.29 is 14.9 Å². The Morgan fingerprint density at radius 2 is 2.00 bits per heavy atom. The van der Waals surface area contributed by atoms with Crippen LogP contribution in [0, 0.1) is 5.92 Å². The van der Waals surface area contributed by atoms with Gasteiger partial charge in [0.1, 0.15) is 17.9 Å². The maximum atomic E-state index is 9.62. The molecule has 0 amide bonds. The summed E-state index contributed by atoms with van der Waals surface area (Å²) in [4.78, 5) is 4.92. The summed E-state index contributed by atoms with van der Waals surface area (Å²) in [6.45, 7) is 2.28. The first-order chi connectivity index (χ1) is 13.7. The summed E-state index contributed by atoms with van der Waals surface area (Å²) in [6.07, 6.45) is 1.04. The number of para-hydroxylation sites is 1. The molecule has 3 heterocycles. The van der Waals surface area contributed by atoms with Crippen LogP contribution in [0.25, 0.3) is 33.5 Å². The van der Waals surface area contributed by atoms with Gasteiger partial charge in [0.25, 0.3) is 0 Å². The van der Waals surface area contributed by atoms with Gasteiger partial charge in [-0.05, 0) is 43.0 Å². The summed E-state index contributed by atoms with van der Waals surface area (Å²) in [5, 5.41) is 20.5. The monoisotopic (exact) mass is 375 g/mol. The van der Waals surface area contributed by atoms with Crippen molar-refractivity contribution in [2.24, 2.45) is 5.92 Å². The van der Waals surface area contributed by atoms with Crippen LogP contribution in [-0.2, 0) is 13.1 Å². The second kappa shape index (κ2) is 5.83. The Hall–Kier alpha value is -2.83. The molecule has 1 fully saturated rings. The lowest BCUT2D eigenvalue weighted by atomic mass is 10.1. The van der Waals surface area contributed by atoms with Gasteiger partial charge >= 0.3 is 0 Å². The van der Waals surface area contributed by atoms with Crippen LogP contribution in [0.4, 0.5) is 0 Å². The van der Waals surface area contributed by atoms with E-state index < -0.39 is 6.29 Å². The Labute approximate surface area is 161 Å². The fourth-order valence-electron chi connectivity index (χ4n) is 4.32. The van der Waals surface area contributed by atoms with Gasteiger partial charge < -0.3 is 24.1 Å². The third-order valence-electron chi connectivity index (χ3n) is 5.88. The zero-order valence-electron chi connectivity index (χ0n) is 15.4. The normalized spacial score (nSPS) is 16.2. The van der Waals surface area contributed by atoms with Crippen molar-refractivity contribution in [2.75, 3.05) is 6.61 Å². The summed E-state index contributed by atoms with van der Waals surface area (Å²) in [6, 6.07) is 14.1. The van der Waals surface area contributed by atoms with Gasteiger partial charge in [0.2, 0.25) is 0 Å². The maximum Gasteiger partial charge on any atom is 0.178 e. The van der Waals surface area contributed by atoms with E-state index in [-0.39, 0.29) is 0 Å². The van der Waals surface area contributed by atoms with E-state index >= 15 is 0 Å². The van der Waals surface area contributed by atoms with E-state index in [4.69, 9.17) is 9.72 Å². The number of imidazole rings is 1. The highest BCUT2D eigenvalue weighted by Crippen LogP contribution is 2.39. The Kier molecular flexibility index (Phi) is 3.36. The number of benzene rings is 2. The van der Waals surface area contributed by atoms with Crippen molar-refractivity contribution in [3.63, 3.8) is 0 Å². The van der Waals surface area contributed by atoms with Crippen LogP contribution in [0.2, 0.25) is 0 Å².